The summed E-state index contributed by atoms with van der Waals surface area (Å²) in [6.07, 6.45) is 0.754. The van der Waals surface area contributed by atoms with Crippen molar-refractivity contribution in [1.29, 1.82) is 0 Å². The van der Waals surface area contributed by atoms with Crippen LogP contribution in [0.15, 0.2) is 52.1 Å². The van der Waals surface area contributed by atoms with Crippen LogP contribution >= 0.6 is 11.3 Å². The molecule has 0 bridgehead atoms. The minimum absolute atomic E-state index is 0.0214. The molecule has 1 unspecified atom stereocenters. The van der Waals surface area contributed by atoms with E-state index in [0.29, 0.717) is 15.3 Å². The highest BCUT2D eigenvalue weighted by molar-refractivity contribution is 7.86. The van der Waals surface area contributed by atoms with E-state index in [9.17, 15) is 23.0 Å². The van der Waals surface area contributed by atoms with Crippen molar-refractivity contribution in [2.45, 2.75) is 17.1 Å². The molecule has 0 fully saturated rings. The Labute approximate surface area is 194 Å². The summed E-state index contributed by atoms with van der Waals surface area (Å²) in [5, 5.41) is 7.35. The Morgan fingerprint density at radius 2 is 2.00 bits per heavy atom. The maximum Gasteiger partial charge on any atom is 0.331 e. The zero-order valence-electron chi connectivity index (χ0n) is 17.0. The zero-order valence-corrected chi connectivity index (χ0v) is 18.6. The molecule has 0 radical (unpaired) electrons. The summed E-state index contributed by atoms with van der Waals surface area (Å²) >= 11 is 1.23. The molecular weight excluding hydrogens is 467 g/mol. The van der Waals surface area contributed by atoms with Gasteiger partial charge in [0.2, 0.25) is 5.91 Å². The Bertz CT molecular complexity index is 1330. The number of halogens is 1. The standard InChI is InChI=1S/C22H17FN4O4S2/c23-16-11-14(25-22(30)26-33(31)20-2-1-7-32-20)3-4-18(16)27-19(28)10-13-9-17-12(5-6-24-17)8-15(13)21(27)29/h1-4,7-9,11,24H,5-6,10H2,(H2,25,26,30). The Hall–Kier alpha value is -3.57. The largest absolute Gasteiger partial charge is 0.384 e. The number of nitrogens with zero attached hydrogens (tertiary/aromatic N) is 1. The third-order valence-electron chi connectivity index (χ3n) is 5.37. The lowest BCUT2D eigenvalue weighted by Crippen LogP contribution is -2.43. The minimum atomic E-state index is -1.74. The van der Waals surface area contributed by atoms with Crippen LogP contribution in [0.2, 0.25) is 0 Å². The van der Waals surface area contributed by atoms with Gasteiger partial charge in [0.05, 0.1) is 12.1 Å². The van der Waals surface area contributed by atoms with Crippen LogP contribution in [0.5, 0.6) is 0 Å². The molecule has 0 aliphatic carbocycles. The SMILES string of the molecule is O=C(Nc1ccc(N2C(=O)Cc3cc4c(cc3C2=O)CCN4)c(F)c1)NS(=O)c1cccs1. The number of hydrogen-bond acceptors (Lipinski definition) is 6. The van der Waals surface area contributed by atoms with E-state index in [1.165, 1.54) is 23.5 Å². The number of amides is 4. The molecule has 1 aromatic heterocycles. The Kier molecular flexibility index (Phi) is 5.43. The van der Waals surface area contributed by atoms with Gasteiger partial charge >= 0.3 is 6.03 Å². The summed E-state index contributed by atoms with van der Waals surface area (Å²) in [4.78, 5) is 38.7. The first-order valence-electron chi connectivity index (χ1n) is 10.00. The van der Waals surface area contributed by atoms with E-state index in [1.54, 1.807) is 23.6 Å². The van der Waals surface area contributed by atoms with Crippen molar-refractivity contribution in [2.75, 3.05) is 22.1 Å². The van der Waals surface area contributed by atoms with Gasteiger partial charge in [-0.1, -0.05) is 6.07 Å². The molecule has 3 heterocycles. The molecule has 4 amide bonds. The number of thiophene rings is 1. The van der Waals surface area contributed by atoms with E-state index in [2.05, 4.69) is 15.4 Å². The molecule has 2 aliphatic heterocycles. The van der Waals surface area contributed by atoms with Gasteiger partial charge in [-0.05, 0) is 59.3 Å². The first-order chi connectivity index (χ1) is 15.9. The van der Waals surface area contributed by atoms with Gasteiger partial charge in [-0.3, -0.25) is 14.3 Å². The second-order valence-electron chi connectivity index (χ2n) is 7.48. The molecular formula is C22H17FN4O4S2. The van der Waals surface area contributed by atoms with Crippen LogP contribution in [0, 0.1) is 5.82 Å². The molecule has 3 N–H and O–H groups in total. The van der Waals surface area contributed by atoms with E-state index in [1.807, 2.05) is 6.07 Å². The number of carbonyl (C=O) groups excluding carboxylic acids is 3. The van der Waals surface area contributed by atoms with Crippen LogP contribution < -0.4 is 20.3 Å². The first kappa shape index (κ1) is 21.3. The van der Waals surface area contributed by atoms with Crippen LogP contribution in [0.3, 0.4) is 0 Å². The maximum atomic E-state index is 14.9. The van der Waals surface area contributed by atoms with E-state index in [-0.39, 0.29) is 17.8 Å². The smallest absolute Gasteiger partial charge is 0.331 e. The van der Waals surface area contributed by atoms with Crippen molar-refractivity contribution in [3.05, 3.63) is 70.4 Å². The second-order valence-corrected chi connectivity index (χ2v) is 9.87. The summed E-state index contributed by atoms with van der Waals surface area (Å²) < 4.78 is 29.7. The molecule has 3 aromatic rings. The number of fused-ring (bicyclic) bond motifs is 2. The molecule has 2 aliphatic rings. The average Bonchev–Trinajstić information content (AvgIpc) is 3.45. The lowest BCUT2D eigenvalue weighted by atomic mass is 9.94. The summed E-state index contributed by atoms with van der Waals surface area (Å²) in [6.45, 7) is 0.766. The molecule has 5 rings (SSSR count). The van der Waals surface area contributed by atoms with Crippen LogP contribution in [0.1, 0.15) is 21.5 Å². The van der Waals surface area contributed by atoms with Gasteiger partial charge in [0.15, 0.2) is 11.0 Å². The van der Waals surface area contributed by atoms with Gasteiger partial charge in [0.1, 0.15) is 10.0 Å². The molecule has 2 aromatic carbocycles. The quantitative estimate of drug-likeness (QED) is 0.492. The van der Waals surface area contributed by atoms with E-state index in [0.717, 1.165) is 35.2 Å². The van der Waals surface area contributed by atoms with Gasteiger partial charge in [-0.25, -0.2) is 18.3 Å². The van der Waals surface area contributed by atoms with Crippen LogP contribution in [0.4, 0.5) is 26.2 Å². The van der Waals surface area contributed by atoms with Crippen LogP contribution in [-0.2, 0) is 28.6 Å². The number of imide groups is 1. The zero-order chi connectivity index (χ0) is 23.1. The molecule has 33 heavy (non-hydrogen) atoms. The number of hydrogen-bond donors (Lipinski definition) is 3. The number of rotatable bonds is 4. The Morgan fingerprint density at radius 3 is 2.76 bits per heavy atom. The summed E-state index contributed by atoms with van der Waals surface area (Å²) in [5.74, 6) is -1.96. The monoisotopic (exact) mass is 484 g/mol. The fourth-order valence-electron chi connectivity index (χ4n) is 3.88. The average molecular weight is 485 g/mol. The van der Waals surface area contributed by atoms with Crippen LogP contribution in [-0.4, -0.2) is 28.6 Å². The Balaban J connectivity index is 1.35. The van der Waals surface area contributed by atoms with Crippen molar-refractivity contribution >= 4 is 57.2 Å². The third-order valence-corrected chi connectivity index (χ3v) is 7.65. The normalized spacial score (nSPS) is 15.5. The summed E-state index contributed by atoms with van der Waals surface area (Å²) in [7, 11) is -1.74. The fourth-order valence-corrected chi connectivity index (χ4v) is 5.50. The number of carbonyl (C=O) groups is 3. The van der Waals surface area contributed by atoms with Crippen molar-refractivity contribution in [2.24, 2.45) is 0 Å². The van der Waals surface area contributed by atoms with Gasteiger partial charge in [0, 0.05) is 23.5 Å². The number of anilines is 3. The molecule has 8 nitrogen and oxygen atoms in total. The topological polar surface area (TPSA) is 108 Å². The summed E-state index contributed by atoms with van der Waals surface area (Å²) in [6, 6.07) is 9.75. The number of benzene rings is 2. The Morgan fingerprint density at radius 1 is 1.15 bits per heavy atom. The van der Waals surface area contributed by atoms with Gasteiger partial charge < -0.3 is 10.6 Å². The molecule has 1 atom stereocenters. The maximum absolute atomic E-state index is 14.9. The van der Waals surface area contributed by atoms with E-state index < -0.39 is 34.6 Å². The highest BCUT2D eigenvalue weighted by Gasteiger charge is 2.35. The summed E-state index contributed by atoms with van der Waals surface area (Å²) in [5.41, 5.74) is 2.79. The molecule has 11 heteroatoms. The van der Waals surface area contributed by atoms with Crippen molar-refractivity contribution in [3.8, 4) is 0 Å². The third kappa shape index (κ3) is 4.00. The van der Waals surface area contributed by atoms with Crippen molar-refractivity contribution in [3.63, 3.8) is 0 Å². The number of urea groups is 1. The molecule has 0 saturated carbocycles. The highest BCUT2D eigenvalue weighted by atomic mass is 32.2. The van der Waals surface area contributed by atoms with Gasteiger partial charge in [-0.2, -0.15) is 0 Å². The lowest BCUT2D eigenvalue weighted by molar-refractivity contribution is -0.117. The first-order valence-corrected chi connectivity index (χ1v) is 12.0. The predicted octanol–water partition coefficient (Wildman–Crippen LogP) is 3.43. The lowest BCUT2D eigenvalue weighted by Gasteiger charge is -2.28. The van der Waals surface area contributed by atoms with Crippen molar-refractivity contribution < 1.29 is 23.0 Å². The van der Waals surface area contributed by atoms with Crippen LogP contribution in [0.25, 0.3) is 0 Å². The molecule has 168 valence electrons. The highest BCUT2D eigenvalue weighted by Crippen LogP contribution is 2.33. The molecule has 0 saturated heterocycles. The minimum Gasteiger partial charge on any atom is -0.384 e. The fraction of sp³-hybridized carbons (Fsp3) is 0.136. The van der Waals surface area contributed by atoms with E-state index >= 15 is 0 Å². The van der Waals surface area contributed by atoms with Gasteiger partial charge in [-0.15, -0.1) is 11.3 Å². The number of nitrogens with one attached hydrogen (secondary N) is 3. The molecule has 0 spiro atoms. The van der Waals surface area contributed by atoms with E-state index in [4.69, 9.17) is 0 Å². The predicted molar refractivity (Wildman–Crippen MR) is 123 cm³/mol. The van der Waals surface area contributed by atoms with Gasteiger partial charge in [0.25, 0.3) is 5.91 Å². The second kappa shape index (κ2) is 8.41. The van der Waals surface area contributed by atoms with Crippen molar-refractivity contribution in [1.82, 2.24) is 4.72 Å².